The number of carboxylic acid groups (broad SMARTS) is 1. The van der Waals surface area contributed by atoms with E-state index in [4.69, 9.17) is 22.0 Å². The Kier molecular flexibility index (Phi) is 2.93. The first-order chi connectivity index (χ1) is 6.15. The van der Waals surface area contributed by atoms with Crippen LogP contribution < -0.4 is 0 Å². The Morgan fingerprint density at radius 2 is 2.54 bits per heavy atom. The van der Waals surface area contributed by atoms with Gasteiger partial charge in [0.15, 0.2) is 0 Å². The third-order valence-electron chi connectivity index (χ3n) is 1.58. The molecule has 0 aromatic carbocycles. The van der Waals surface area contributed by atoms with Gasteiger partial charge in [-0.15, -0.1) is 0 Å². The van der Waals surface area contributed by atoms with Gasteiger partial charge in [-0.1, -0.05) is 11.6 Å². The van der Waals surface area contributed by atoms with Crippen LogP contribution in [0.25, 0.3) is 0 Å². The van der Waals surface area contributed by atoms with Gasteiger partial charge in [0.05, 0.1) is 11.6 Å². The van der Waals surface area contributed by atoms with Crippen LogP contribution in [-0.2, 0) is 4.79 Å². The van der Waals surface area contributed by atoms with E-state index in [9.17, 15) is 4.79 Å². The second-order valence-corrected chi connectivity index (χ2v) is 2.89. The number of nitrogens with zero attached hydrogens (tertiary/aromatic N) is 2. The van der Waals surface area contributed by atoms with Crippen molar-refractivity contribution in [3.63, 3.8) is 0 Å². The summed E-state index contributed by atoms with van der Waals surface area (Å²) in [7, 11) is 0. The number of halogens is 1. The maximum Gasteiger partial charge on any atom is 0.335 e. The Hall–Kier alpha value is -1.47. The molecule has 1 N–H and O–H groups in total. The molecule has 0 saturated heterocycles. The topological polar surface area (TPSA) is 64.3 Å². The van der Waals surface area contributed by atoms with Gasteiger partial charge < -0.3 is 10.0 Å². The summed E-state index contributed by atoms with van der Waals surface area (Å²) in [5.74, 6) is -1.02. The van der Waals surface area contributed by atoms with Gasteiger partial charge in [-0.3, -0.25) is 0 Å². The highest BCUT2D eigenvalue weighted by Crippen LogP contribution is 2.16. The average molecular weight is 199 g/mol. The van der Waals surface area contributed by atoms with E-state index >= 15 is 0 Å². The monoisotopic (exact) mass is 198 g/mol. The van der Waals surface area contributed by atoms with Crippen molar-refractivity contribution in [1.82, 2.24) is 4.90 Å². The summed E-state index contributed by atoms with van der Waals surface area (Å²) in [6.45, 7) is 0.147. The van der Waals surface area contributed by atoms with Gasteiger partial charge in [-0.2, -0.15) is 5.26 Å². The number of carboxylic acids is 1. The first-order valence-electron chi connectivity index (χ1n) is 3.55. The molecule has 1 aliphatic heterocycles. The highest BCUT2D eigenvalue weighted by Gasteiger charge is 2.16. The van der Waals surface area contributed by atoms with Gasteiger partial charge in [0.2, 0.25) is 0 Å². The molecule has 0 aromatic rings. The highest BCUT2D eigenvalue weighted by atomic mass is 35.5. The van der Waals surface area contributed by atoms with Crippen LogP contribution in [0, 0.1) is 11.3 Å². The van der Waals surface area contributed by atoms with Crippen LogP contribution >= 0.6 is 11.6 Å². The van der Waals surface area contributed by atoms with Crippen molar-refractivity contribution in [2.24, 2.45) is 0 Å². The second kappa shape index (κ2) is 3.97. The molecule has 1 aliphatic rings. The molecule has 0 saturated carbocycles. The van der Waals surface area contributed by atoms with Crippen molar-refractivity contribution >= 4 is 17.6 Å². The minimum atomic E-state index is -1.02. The van der Waals surface area contributed by atoms with E-state index in [2.05, 4.69) is 0 Å². The SMILES string of the molecule is N#CCN1C=CC(C(=O)O)=CC1Cl. The maximum absolute atomic E-state index is 10.5. The van der Waals surface area contributed by atoms with Crippen LogP contribution in [-0.4, -0.2) is 28.0 Å². The predicted molar refractivity (Wildman–Crippen MR) is 46.8 cm³/mol. The summed E-state index contributed by atoms with van der Waals surface area (Å²) < 4.78 is 0. The molecule has 0 aliphatic carbocycles. The Morgan fingerprint density at radius 3 is 3.00 bits per heavy atom. The Balaban J connectivity index is 2.74. The van der Waals surface area contributed by atoms with E-state index in [-0.39, 0.29) is 12.1 Å². The van der Waals surface area contributed by atoms with Crippen molar-refractivity contribution in [3.05, 3.63) is 23.9 Å². The molecule has 1 rings (SSSR count). The van der Waals surface area contributed by atoms with Crippen LogP contribution in [0.4, 0.5) is 0 Å². The lowest BCUT2D eigenvalue weighted by Crippen LogP contribution is -2.28. The maximum atomic E-state index is 10.5. The van der Waals surface area contributed by atoms with Gasteiger partial charge in [0.25, 0.3) is 0 Å². The lowest BCUT2D eigenvalue weighted by molar-refractivity contribution is -0.132. The fourth-order valence-electron chi connectivity index (χ4n) is 0.922. The lowest BCUT2D eigenvalue weighted by atomic mass is 10.2. The number of alkyl halides is 1. The fourth-order valence-corrected chi connectivity index (χ4v) is 1.19. The van der Waals surface area contributed by atoms with Gasteiger partial charge in [0, 0.05) is 6.20 Å². The van der Waals surface area contributed by atoms with E-state index in [0.717, 1.165) is 0 Å². The zero-order valence-electron chi connectivity index (χ0n) is 6.64. The molecule has 1 heterocycles. The number of rotatable bonds is 2. The second-order valence-electron chi connectivity index (χ2n) is 2.45. The van der Waals surface area contributed by atoms with E-state index in [0.29, 0.717) is 0 Å². The third-order valence-corrected chi connectivity index (χ3v) is 1.96. The third kappa shape index (κ3) is 2.23. The zero-order valence-corrected chi connectivity index (χ0v) is 7.40. The van der Waals surface area contributed by atoms with Gasteiger partial charge in [-0.25, -0.2) is 4.79 Å². The summed E-state index contributed by atoms with van der Waals surface area (Å²) in [5.41, 5.74) is -0.412. The largest absolute Gasteiger partial charge is 0.478 e. The zero-order chi connectivity index (χ0) is 9.84. The predicted octanol–water partition coefficient (Wildman–Crippen LogP) is 0.915. The summed E-state index contributed by atoms with van der Waals surface area (Å²) in [4.78, 5) is 12.0. The normalized spacial score (nSPS) is 20.8. The average Bonchev–Trinajstić information content (AvgIpc) is 2.08. The van der Waals surface area contributed by atoms with Crippen LogP contribution in [0.5, 0.6) is 0 Å². The van der Waals surface area contributed by atoms with Crippen LogP contribution in [0.15, 0.2) is 23.9 Å². The van der Waals surface area contributed by atoms with Crippen LogP contribution in [0.2, 0.25) is 0 Å². The molecule has 0 amide bonds. The minimum absolute atomic E-state index is 0.147. The van der Waals surface area contributed by atoms with Crippen molar-refractivity contribution in [3.8, 4) is 6.07 Å². The Bertz CT molecular complexity index is 317. The Morgan fingerprint density at radius 1 is 1.85 bits per heavy atom. The van der Waals surface area contributed by atoms with Crippen molar-refractivity contribution < 1.29 is 9.90 Å². The van der Waals surface area contributed by atoms with Crippen LogP contribution in [0.1, 0.15) is 0 Å². The molecule has 0 radical (unpaired) electrons. The Labute approximate surface area is 80.3 Å². The van der Waals surface area contributed by atoms with Crippen molar-refractivity contribution in [1.29, 1.82) is 5.26 Å². The summed E-state index contributed by atoms with van der Waals surface area (Å²) in [6.07, 6.45) is 4.31. The van der Waals surface area contributed by atoms with Crippen LogP contribution in [0.3, 0.4) is 0 Å². The van der Waals surface area contributed by atoms with Gasteiger partial charge >= 0.3 is 5.97 Å². The molecule has 0 spiro atoms. The van der Waals surface area contributed by atoms with Gasteiger partial charge in [-0.05, 0) is 12.2 Å². The smallest absolute Gasteiger partial charge is 0.335 e. The number of hydrogen-bond donors (Lipinski definition) is 1. The molecule has 1 atom stereocenters. The summed E-state index contributed by atoms with van der Waals surface area (Å²) in [5, 5.41) is 17.0. The van der Waals surface area contributed by atoms with E-state index < -0.39 is 11.5 Å². The number of nitriles is 1. The molecule has 0 aromatic heterocycles. The molecule has 0 fully saturated rings. The molecule has 4 nitrogen and oxygen atoms in total. The highest BCUT2D eigenvalue weighted by molar-refractivity contribution is 6.22. The summed E-state index contributed by atoms with van der Waals surface area (Å²) >= 11 is 5.78. The van der Waals surface area contributed by atoms with E-state index in [1.165, 1.54) is 23.3 Å². The molecule has 5 heteroatoms. The van der Waals surface area contributed by atoms with Gasteiger partial charge in [0.1, 0.15) is 12.0 Å². The molecule has 68 valence electrons. The molecule has 0 bridgehead atoms. The first kappa shape index (κ1) is 9.62. The molecule has 1 unspecified atom stereocenters. The van der Waals surface area contributed by atoms with Crippen molar-refractivity contribution in [2.75, 3.05) is 6.54 Å². The molecule has 13 heavy (non-hydrogen) atoms. The van der Waals surface area contributed by atoms with E-state index in [1.54, 1.807) is 0 Å². The molecular weight excluding hydrogens is 192 g/mol. The van der Waals surface area contributed by atoms with E-state index in [1.807, 2.05) is 6.07 Å². The number of hydrogen-bond acceptors (Lipinski definition) is 3. The van der Waals surface area contributed by atoms with Crippen molar-refractivity contribution in [2.45, 2.75) is 5.50 Å². The quantitative estimate of drug-likeness (QED) is 0.407. The number of aliphatic carboxylic acids is 1. The first-order valence-corrected chi connectivity index (χ1v) is 3.99. The fraction of sp³-hybridized carbons (Fsp3) is 0.250. The molecular formula is C8H7ClN2O2. The summed E-state index contributed by atoms with van der Waals surface area (Å²) in [6, 6.07) is 1.93. The number of carbonyl (C=O) groups is 1. The lowest BCUT2D eigenvalue weighted by Gasteiger charge is -2.23. The standard InChI is InChI=1S/C8H7ClN2O2/c9-7-5-6(8(12)13)1-3-11(7)4-2-10/h1,3,5,7H,4H2,(H,12,13). The minimum Gasteiger partial charge on any atom is -0.478 e.